The van der Waals surface area contributed by atoms with E-state index < -0.39 is 23.2 Å². The molecule has 0 aliphatic rings. The van der Waals surface area contributed by atoms with E-state index in [2.05, 4.69) is 10.3 Å². The van der Waals surface area contributed by atoms with Gasteiger partial charge in [0.2, 0.25) is 5.91 Å². The van der Waals surface area contributed by atoms with Gasteiger partial charge in [-0.15, -0.1) is 16.4 Å². The van der Waals surface area contributed by atoms with Crippen LogP contribution < -0.4 is 9.79 Å². The number of anilines is 1. The van der Waals surface area contributed by atoms with E-state index in [-0.39, 0.29) is 18.7 Å². The van der Waals surface area contributed by atoms with Gasteiger partial charge >= 0.3 is 0 Å². The summed E-state index contributed by atoms with van der Waals surface area (Å²) in [5.74, 6) is -0.510. The van der Waals surface area contributed by atoms with Gasteiger partial charge < -0.3 is 9.66 Å². The Morgan fingerprint density at radius 3 is 2.57 bits per heavy atom. The molecule has 1 amide bonds. The first-order valence-corrected chi connectivity index (χ1v) is 12.4. The Kier molecular flexibility index (Phi) is 7.87. The van der Waals surface area contributed by atoms with Crippen LogP contribution in [-0.4, -0.2) is 40.0 Å². The van der Waals surface area contributed by atoms with E-state index in [1.807, 2.05) is 36.4 Å². The second-order valence-corrected chi connectivity index (χ2v) is 9.63. The third-order valence-corrected chi connectivity index (χ3v) is 7.29. The Labute approximate surface area is 207 Å². The number of thiophene rings is 1. The minimum atomic E-state index is -2.58. The van der Waals surface area contributed by atoms with Crippen LogP contribution in [-0.2, 0) is 29.0 Å². The van der Waals surface area contributed by atoms with Crippen LogP contribution in [0.25, 0.3) is 10.4 Å². The molecule has 4 rings (SSSR count). The summed E-state index contributed by atoms with van der Waals surface area (Å²) in [4.78, 5) is 12.9. The summed E-state index contributed by atoms with van der Waals surface area (Å²) in [5.41, 5.74) is 3.90. The van der Waals surface area contributed by atoms with Crippen molar-refractivity contribution in [2.75, 3.05) is 4.31 Å². The monoisotopic (exact) mass is 512 g/mol. The summed E-state index contributed by atoms with van der Waals surface area (Å²) in [7, 11) is 0. The van der Waals surface area contributed by atoms with E-state index in [4.69, 9.17) is 5.21 Å². The quantitative estimate of drug-likeness (QED) is 0.168. The first kappa shape index (κ1) is 24.5. The van der Waals surface area contributed by atoms with Crippen molar-refractivity contribution in [3.8, 4) is 16.2 Å². The highest BCUT2D eigenvalue weighted by atomic mass is 32.2. The third-order valence-electron chi connectivity index (χ3n) is 5.33. The molecule has 2 aromatic heterocycles. The number of phenols is 1. The van der Waals surface area contributed by atoms with E-state index in [0.29, 0.717) is 17.1 Å². The number of phenolic OH excluding ortho intramolecular Hbond substituents is 1. The molecule has 10 nitrogen and oxygen atoms in total. The molecule has 0 aliphatic carbocycles. The maximum Gasteiger partial charge on any atom is 0.245 e. The van der Waals surface area contributed by atoms with Crippen molar-refractivity contribution in [2.45, 2.75) is 25.4 Å². The number of hydrogen-bond donors (Lipinski definition) is 3. The summed E-state index contributed by atoms with van der Waals surface area (Å²) in [6.45, 7) is -0.0509. The lowest BCUT2D eigenvalue weighted by atomic mass is 10.0. The molecule has 0 radical (unpaired) electrons. The van der Waals surface area contributed by atoms with Crippen LogP contribution in [0.1, 0.15) is 23.7 Å². The van der Waals surface area contributed by atoms with Crippen molar-refractivity contribution < 1.29 is 23.9 Å². The van der Waals surface area contributed by atoms with Crippen molar-refractivity contribution in [2.24, 2.45) is 0 Å². The first-order valence-electron chi connectivity index (χ1n) is 10.6. The molecule has 4 aromatic rings. The summed E-state index contributed by atoms with van der Waals surface area (Å²) in [6, 6.07) is 19.2. The molecule has 0 saturated carbocycles. The summed E-state index contributed by atoms with van der Waals surface area (Å²) in [6.07, 6.45) is 1.67. The topological polar surface area (TPSA) is 144 Å². The number of nitrogens with zero attached hydrogens (tertiary/aromatic N) is 4. The van der Waals surface area contributed by atoms with Gasteiger partial charge in [0.25, 0.3) is 0 Å². The number of aromatic hydroxyl groups is 1. The van der Waals surface area contributed by atoms with E-state index >= 15 is 0 Å². The molecule has 0 aliphatic heterocycles. The standard InChI is InChI=1S/C23H23N5O5S2/c29-20-8-6-16(7-9-20)12-18(13-22(30)25-31)28-19(14-24-26-28)15-27(35(32)33)23-11-10-21(34-23)17-4-2-1-3-5-17/h1-11,14,18,29,31H,12-13,15H2,(H,25,30)(H,32,33)/p-1/t18-/m1/s1. The molecule has 2 aromatic carbocycles. The van der Waals surface area contributed by atoms with Gasteiger partial charge in [0.05, 0.1) is 30.9 Å². The number of rotatable bonds is 10. The van der Waals surface area contributed by atoms with Gasteiger partial charge in [0.15, 0.2) is 0 Å². The predicted molar refractivity (Wildman–Crippen MR) is 130 cm³/mol. The number of amides is 1. The van der Waals surface area contributed by atoms with Crippen LogP contribution in [0.5, 0.6) is 5.75 Å². The molecule has 2 atom stereocenters. The Morgan fingerprint density at radius 2 is 1.89 bits per heavy atom. The van der Waals surface area contributed by atoms with Gasteiger partial charge in [-0.2, -0.15) is 0 Å². The zero-order valence-corrected chi connectivity index (χ0v) is 20.0. The summed E-state index contributed by atoms with van der Waals surface area (Å²) < 4.78 is 27.0. The number of carbonyl (C=O) groups excluding carboxylic acids is 1. The molecular weight excluding hydrogens is 490 g/mol. The molecule has 0 spiro atoms. The molecule has 0 saturated heterocycles. The van der Waals surface area contributed by atoms with E-state index in [1.54, 1.807) is 23.7 Å². The number of benzene rings is 2. The first-order chi connectivity index (χ1) is 16.9. The fourth-order valence-electron chi connectivity index (χ4n) is 3.66. The number of hydroxylamine groups is 1. The highest BCUT2D eigenvalue weighted by Gasteiger charge is 2.23. The largest absolute Gasteiger partial charge is 0.755 e. The molecule has 12 heteroatoms. The smallest absolute Gasteiger partial charge is 0.245 e. The summed E-state index contributed by atoms with van der Waals surface area (Å²) >= 11 is -1.24. The lowest BCUT2D eigenvalue weighted by Gasteiger charge is -2.26. The molecule has 1 unspecified atom stereocenters. The molecule has 0 fully saturated rings. The third kappa shape index (κ3) is 6.11. The molecule has 2 heterocycles. The number of nitrogens with one attached hydrogen (secondary N) is 1. The zero-order valence-electron chi connectivity index (χ0n) is 18.4. The highest BCUT2D eigenvalue weighted by molar-refractivity contribution is 7.80. The van der Waals surface area contributed by atoms with Crippen LogP contribution in [0.15, 0.2) is 72.9 Å². The second-order valence-electron chi connectivity index (χ2n) is 7.69. The minimum Gasteiger partial charge on any atom is -0.755 e. The second kappa shape index (κ2) is 11.2. The maximum absolute atomic E-state index is 12.2. The normalized spacial score (nSPS) is 12.7. The van der Waals surface area contributed by atoms with Gasteiger partial charge in [-0.05, 0) is 41.8 Å². The van der Waals surface area contributed by atoms with Gasteiger partial charge in [0, 0.05) is 16.1 Å². The maximum atomic E-state index is 12.2. The van der Waals surface area contributed by atoms with E-state index in [9.17, 15) is 18.7 Å². The van der Waals surface area contributed by atoms with Gasteiger partial charge in [0.1, 0.15) is 10.8 Å². The number of aromatic nitrogens is 3. The van der Waals surface area contributed by atoms with E-state index in [1.165, 1.54) is 38.7 Å². The van der Waals surface area contributed by atoms with Crippen LogP contribution in [0.3, 0.4) is 0 Å². The Bertz CT molecular complexity index is 1290. The molecule has 0 bridgehead atoms. The van der Waals surface area contributed by atoms with Crippen LogP contribution in [0.2, 0.25) is 0 Å². The lowest BCUT2D eigenvalue weighted by molar-refractivity contribution is -0.130. The highest BCUT2D eigenvalue weighted by Crippen LogP contribution is 2.35. The SMILES string of the molecule is O=C(C[C@@H](Cc1ccc(O)cc1)n1nncc1CN(c1ccc(-c2ccccc2)s1)S(=O)[O-])NO. The van der Waals surface area contributed by atoms with Gasteiger partial charge in [-0.3, -0.25) is 18.5 Å². The van der Waals surface area contributed by atoms with E-state index in [0.717, 1.165) is 16.0 Å². The van der Waals surface area contributed by atoms with Crippen LogP contribution in [0, 0.1) is 0 Å². The Hall–Kier alpha value is -3.58. The number of hydrogen-bond acceptors (Lipinski definition) is 8. The Balaban J connectivity index is 1.60. The van der Waals surface area contributed by atoms with Crippen molar-refractivity contribution in [3.63, 3.8) is 0 Å². The lowest BCUT2D eigenvalue weighted by Crippen LogP contribution is -2.29. The number of carbonyl (C=O) groups is 1. The summed E-state index contributed by atoms with van der Waals surface area (Å²) in [5, 5.41) is 27.2. The van der Waals surface area contributed by atoms with Crippen molar-refractivity contribution in [3.05, 3.63) is 84.2 Å². The predicted octanol–water partition coefficient (Wildman–Crippen LogP) is 3.19. The van der Waals surface area contributed by atoms with Crippen molar-refractivity contribution >= 4 is 33.5 Å². The molecular formula is C23H22N5O5S2-. The molecule has 182 valence electrons. The van der Waals surface area contributed by atoms with Crippen LogP contribution in [0.4, 0.5) is 5.00 Å². The van der Waals surface area contributed by atoms with Gasteiger partial charge in [-0.1, -0.05) is 47.7 Å². The minimum absolute atomic E-state index is 0.0509. The average Bonchev–Trinajstić information content (AvgIpc) is 3.53. The van der Waals surface area contributed by atoms with Gasteiger partial charge in [-0.25, -0.2) is 10.2 Å². The van der Waals surface area contributed by atoms with Crippen molar-refractivity contribution in [1.82, 2.24) is 20.5 Å². The fourth-order valence-corrected chi connectivity index (χ4v) is 5.32. The fraction of sp³-hybridized carbons (Fsp3) is 0.174. The average molecular weight is 513 g/mol. The molecule has 35 heavy (non-hydrogen) atoms. The van der Waals surface area contributed by atoms with Crippen molar-refractivity contribution in [1.29, 1.82) is 0 Å². The molecule has 3 N–H and O–H groups in total. The zero-order chi connectivity index (χ0) is 24.8. The van der Waals surface area contributed by atoms with Crippen LogP contribution >= 0.6 is 11.3 Å². The Morgan fingerprint density at radius 1 is 1.14 bits per heavy atom.